The van der Waals surface area contributed by atoms with Crippen molar-refractivity contribution < 1.29 is 0 Å². The standard InChI is InChI=1S/C18H23BrN2/c1-4-11-20-13-15-9-10-16(12-17(15)19)21(3)18-8-6-5-7-14(18)2/h5-10,12,20H,4,11,13H2,1-3H3. The first kappa shape index (κ1) is 16.1. The van der Waals surface area contributed by atoms with Crippen LogP contribution < -0.4 is 10.2 Å². The van der Waals surface area contributed by atoms with E-state index >= 15 is 0 Å². The topological polar surface area (TPSA) is 15.3 Å². The van der Waals surface area contributed by atoms with E-state index in [1.54, 1.807) is 0 Å². The molecule has 21 heavy (non-hydrogen) atoms. The van der Waals surface area contributed by atoms with Gasteiger partial charge in [0, 0.05) is 29.4 Å². The number of nitrogens with zero attached hydrogens (tertiary/aromatic N) is 1. The molecule has 0 fully saturated rings. The number of para-hydroxylation sites is 1. The van der Waals surface area contributed by atoms with E-state index in [1.165, 1.54) is 22.5 Å². The molecular formula is C18H23BrN2. The number of aryl methyl sites for hydroxylation is 1. The highest BCUT2D eigenvalue weighted by atomic mass is 79.9. The molecule has 2 nitrogen and oxygen atoms in total. The second-order valence-corrected chi connectivity index (χ2v) is 6.15. The summed E-state index contributed by atoms with van der Waals surface area (Å²) in [6, 6.07) is 15.0. The zero-order chi connectivity index (χ0) is 15.2. The van der Waals surface area contributed by atoms with E-state index in [4.69, 9.17) is 0 Å². The monoisotopic (exact) mass is 346 g/mol. The van der Waals surface area contributed by atoms with Crippen LogP contribution in [-0.2, 0) is 6.54 Å². The van der Waals surface area contributed by atoms with E-state index in [1.807, 2.05) is 0 Å². The Morgan fingerprint density at radius 1 is 1.14 bits per heavy atom. The van der Waals surface area contributed by atoms with Gasteiger partial charge in [-0.3, -0.25) is 0 Å². The third-order valence-corrected chi connectivity index (χ3v) is 4.38. The molecule has 3 heteroatoms. The molecule has 2 rings (SSSR count). The maximum absolute atomic E-state index is 3.69. The van der Waals surface area contributed by atoms with Gasteiger partial charge in [-0.05, 0) is 49.2 Å². The lowest BCUT2D eigenvalue weighted by molar-refractivity contribution is 0.674. The van der Waals surface area contributed by atoms with Gasteiger partial charge in [0.05, 0.1) is 0 Å². The molecule has 0 heterocycles. The van der Waals surface area contributed by atoms with Crippen LogP contribution >= 0.6 is 15.9 Å². The van der Waals surface area contributed by atoms with Gasteiger partial charge in [0.25, 0.3) is 0 Å². The lowest BCUT2D eigenvalue weighted by Gasteiger charge is -2.22. The summed E-state index contributed by atoms with van der Waals surface area (Å²) in [6.45, 7) is 6.28. The molecule has 0 unspecified atom stereocenters. The Morgan fingerprint density at radius 3 is 2.57 bits per heavy atom. The Bertz CT molecular complexity index is 596. The molecular weight excluding hydrogens is 324 g/mol. The Morgan fingerprint density at radius 2 is 1.90 bits per heavy atom. The van der Waals surface area contributed by atoms with Crippen molar-refractivity contribution >= 4 is 27.3 Å². The predicted octanol–water partition coefficient (Wildman–Crippen LogP) is 5.03. The fourth-order valence-electron chi connectivity index (χ4n) is 2.37. The molecule has 0 aromatic heterocycles. The van der Waals surface area contributed by atoms with Gasteiger partial charge in [-0.15, -0.1) is 0 Å². The first-order valence-electron chi connectivity index (χ1n) is 7.42. The molecule has 0 spiro atoms. The summed E-state index contributed by atoms with van der Waals surface area (Å²) in [7, 11) is 2.11. The Labute approximate surface area is 136 Å². The third kappa shape index (κ3) is 4.08. The van der Waals surface area contributed by atoms with Gasteiger partial charge in [0.2, 0.25) is 0 Å². The predicted molar refractivity (Wildman–Crippen MR) is 95.4 cm³/mol. The number of hydrogen-bond donors (Lipinski definition) is 1. The Kier molecular flexibility index (Phi) is 5.83. The molecule has 0 amide bonds. The molecule has 0 bridgehead atoms. The van der Waals surface area contributed by atoms with Crippen LogP contribution in [0.15, 0.2) is 46.9 Å². The summed E-state index contributed by atoms with van der Waals surface area (Å²) in [5.41, 5.74) is 5.01. The first-order valence-corrected chi connectivity index (χ1v) is 8.21. The molecule has 2 aromatic carbocycles. The van der Waals surface area contributed by atoms with Gasteiger partial charge in [-0.2, -0.15) is 0 Å². The quantitative estimate of drug-likeness (QED) is 0.738. The summed E-state index contributed by atoms with van der Waals surface area (Å²) in [5, 5.41) is 3.44. The average molecular weight is 347 g/mol. The van der Waals surface area contributed by atoms with Crippen molar-refractivity contribution in [1.29, 1.82) is 0 Å². The number of benzene rings is 2. The lowest BCUT2D eigenvalue weighted by Crippen LogP contribution is -2.15. The van der Waals surface area contributed by atoms with Crippen LogP contribution in [-0.4, -0.2) is 13.6 Å². The maximum atomic E-state index is 3.69. The van der Waals surface area contributed by atoms with E-state index in [9.17, 15) is 0 Å². The second kappa shape index (κ2) is 7.62. The number of halogens is 1. The summed E-state index contributed by atoms with van der Waals surface area (Å²) in [4.78, 5) is 2.23. The fraction of sp³-hybridized carbons (Fsp3) is 0.333. The van der Waals surface area contributed by atoms with E-state index in [2.05, 4.69) is 89.5 Å². The van der Waals surface area contributed by atoms with Crippen LogP contribution in [0.4, 0.5) is 11.4 Å². The largest absolute Gasteiger partial charge is 0.344 e. The molecule has 112 valence electrons. The van der Waals surface area contributed by atoms with Crippen molar-refractivity contribution in [2.45, 2.75) is 26.8 Å². The highest BCUT2D eigenvalue weighted by molar-refractivity contribution is 9.10. The highest BCUT2D eigenvalue weighted by Gasteiger charge is 2.08. The normalized spacial score (nSPS) is 10.7. The minimum atomic E-state index is 0.906. The third-order valence-electron chi connectivity index (χ3n) is 3.64. The van der Waals surface area contributed by atoms with Crippen LogP contribution in [0.5, 0.6) is 0 Å². The molecule has 1 N–H and O–H groups in total. The Hall–Kier alpha value is -1.32. The summed E-state index contributed by atoms with van der Waals surface area (Å²) >= 11 is 3.69. The van der Waals surface area contributed by atoms with Gasteiger partial charge in [-0.25, -0.2) is 0 Å². The molecule has 0 aliphatic heterocycles. The summed E-state index contributed by atoms with van der Waals surface area (Å²) in [6.07, 6.45) is 1.16. The SMILES string of the molecule is CCCNCc1ccc(N(C)c2ccccc2C)cc1Br. The molecule has 0 aliphatic rings. The van der Waals surface area contributed by atoms with E-state index in [-0.39, 0.29) is 0 Å². The highest BCUT2D eigenvalue weighted by Crippen LogP contribution is 2.30. The first-order chi connectivity index (χ1) is 10.1. The number of rotatable bonds is 6. The second-order valence-electron chi connectivity index (χ2n) is 5.30. The molecule has 0 saturated heterocycles. The molecule has 0 atom stereocenters. The van der Waals surface area contributed by atoms with Crippen LogP contribution in [0.25, 0.3) is 0 Å². The van der Waals surface area contributed by atoms with Crippen molar-refractivity contribution in [3.8, 4) is 0 Å². The van der Waals surface area contributed by atoms with Crippen LogP contribution in [0, 0.1) is 6.92 Å². The summed E-state index contributed by atoms with van der Waals surface area (Å²) in [5.74, 6) is 0. The van der Waals surface area contributed by atoms with Crippen LogP contribution in [0.3, 0.4) is 0 Å². The lowest BCUT2D eigenvalue weighted by atomic mass is 10.1. The minimum absolute atomic E-state index is 0.906. The zero-order valence-corrected chi connectivity index (χ0v) is 14.6. The van der Waals surface area contributed by atoms with Gasteiger partial charge < -0.3 is 10.2 Å². The van der Waals surface area contributed by atoms with E-state index in [0.29, 0.717) is 0 Å². The number of nitrogens with one attached hydrogen (secondary N) is 1. The number of anilines is 2. The molecule has 0 radical (unpaired) electrons. The number of hydrogen-bond acceptors (Lipinski definition) is 2. The van der Waals surface area contributed by atoms with Gasteiger partial charge in [0.15, 0.2) is 0 Å². The average Bonchev–Trinajstić information content (AvgIpc) is 2.49. The van der Waals surface area contributed by atoms with Crippen molar-refractivity contribution in [3.05, 3.63) is 58.1 Å². The molecule has 2 aromatic rings. The van der Waals surface area contributed by atoms with Crippen molar-refractivity contribution in [2.24, 2.45) is 0 Å². The van der Waals surface area contributed by atoms with Gasteiger partial charge in [-0.1, -0.05) is 47.1 Å². The van der Waals surface area contributed by atoms with Crippen LogP contribution in [0.2, 0.25) is 0 Å². The van der Waals surface area contributed by atoms with Crippen molar-refractivity contribution in [1.82, 2.24) is 5.32 Å². The zero-order valence-electron chi connectivity index (χ0n) is 13.0. The minimum Gasteiger partial charge on any atom is -0.344 e. The summed E-state index contributed by atoms with van der Waals surface area (Å²) < 4.78 is 1.16. The maximum Gasteiger partial charge on any atom is 0.0437 e. The van der Waals surface area contributed by atoms with Crippen molar-refractivity contribution in [2.75, 3.05) is 18.5 Å². The fourth-order valence-corrected chi connectivity index (χ4v) is 2.87. The van der Waals surface area contributed by atoms with E-state index in [0.717, 1.165) is 24.0 Å². The van der Waals surface area contributed by atoms with Crippen LogP contribution in [0.1, 0.15) is 24.5 Å². The molecule has 0 aliphatic carbocycles. The smallest absolute Gasteiger partial charge is 0.0437 e. The van der Waals surface area contributed by atoms with Gasteiger partial charge >= 0.3 is 0 Å². The van der Waals surface area contributed by atoms with Crippen molar-refractivity contribution in [3.63, 3.8) is 0 Å². The van der Waals surface area contributed by atoms with E-state index < -0.39 is 0 Å². The Balaban J connectivity index is 2.18. The molecule has 0 saturated carbocycles. The van der Waals surface area contributed by atoms with Gasteiger partial charge in [0.1, 0.15) is 0 Å².